The fraction of sp³-hybridized carbons (Fsp3) is 0.444. The van der Waals surface area contributed by atoms with Crippen LogP contribution in [0.15, 0.2) is 53.5 Å². The van der Waals surface area contributed by atoms with Crippen LogP contribution in [0.4, 0.5) is 5.69 Å². The van der Waals surface area contributed by atoms with Gasteiger partial charge in [0.15, 0.2) is 5.96 Å². The number of benzene rings is 2. The molecule has 2 aromatic rings. The van der Waals surface area contributed by atoms with E-state index in [1.54, 1.807) is 24.3 Å². The third-order valence-electron chi connectivity index (χ3n) is 7.20. The summed E-state index contributed by atoms with van der Waals surface area (Å²) in [6, 6.07) is 14.6. The number of fused-ring (bicyclic) bond motifs is 1. The van der Waals surface area contributed by atoms with Gasteiger partial charge in [-0.2, -0.15) is 4.99 Å². The van der Waals surface area contributed by atoms with Crippen LogP contribution in [-0.4, -0.2) is 41.6 Å². The maximum Gasteiger partial charge on any atom is 0.320 e. The fourth-order valence-electron chi connectivity index (χ4n) is 5.39. The van der Waals surface area contributed by atoms with E-state index >= 15 is 0 Å². The van der Waals surface area contributed by atoms with Crippen molar-refractivity contribution >= 4 is 23.5 Å². The molecule has 1 aliphatic heterocycles. The maximum atomic E-state index is 12.5. The van der Waals surface area contributed by atoms with Crippen molar-refractivity contribution in [2.24, 2.45) is 22.4 Å². The summed E-state index contributed by atoms with van der Waals surface area (Å²) in [5.74, 6) is -0.669. The number of piperidine rings is 1. The van der Waals surface area contributed by atoms with E-state index in [1.165, 1.54) is 44.2 Å². The number of anilines is 1. The number of guanidine groups is 1. The predicted octanol–water partition coefficient (Wildman–Crippen LogP) is 3.04. The standard InChI is InChI=1S/C27H35N5O3/c28-22(26(34)35)16-18-11-13-20(14-12-18)25(33)31-27(29)30-17-21-7-2-4-10-24(21)32-15-5-8-19-6-1-3-9-23(19)32/h2,4,7,10-14,19,22-23H,1,3,5-6,8-9,15-17,28H2,(H,34,35)(H3,29,30,31,33)/t19?,22-,23?/m0/s1. The number of carboxylic acid groups (broad SMARTS) is 1. The second-order valence-electron chi connectivity index (χ2n) is 9.58. The van der Waals surface area contributed by atoms with E-state index in [1.807, 2.05) is 6.07 Å². The normalized spacial score (nSPS) is 21.2. The Hall–Kier alpha value is -3.39. The van der Waals surface area contributed by atoms with E-state index < -0.39 is 17.9 Å². The summed E-state index contributed by atoms with van der Waals surface area (Å²) < 4.78 is 0. The topological polar surface area (TPSA) is 134 Å². The van der Waals surface area contributed by atoms with Crippen LogP contribution < -0.4 is 21.7 Å². The van der Waals surface area contributed by atoms with E-state index in [-0.39, 0.29) is 12.4 Å². The molecule has 8 heteroatoms. The van der Waals surface area contributed by atoms with Crippen molar-refractivity contribution in [3.63, 3.8) is 0 Å². The van der Waals surface area contributed by atoms with Crippen molar-refractivity contribution in [2.75, 3.05) is 11.4 Å². The van der Waals surface area contributed by atoms with Gasteiger partial charge in [-0.25, -0.2) is 0 Å². The average Bonchev–Trinajstić information content (AvgIpc) is 2.87. The largest absolute Gasteiger partial charge is 0.480 e. The SMILES string of the molecule is N/C(=N\C(=O)c1ccc(C[C@H](N)C(=O)O)cc1)NCc1ccccc1N1CCCC2CCCCC21. The molecule has 186 valence electrons. The molecule has 4 rings (SSSR count). The average molecular weight is 478 g/mol. The van der Waals surface area contributed by atoms with Crippen molar-refractivity contribution in [2.45, 2.75) is 63.6 Å². The molecular formula is C27H35N5O3. The molecule has 2 unspecified atom stereocenters. The molecule has 2 aliphatic rings. The number of nitrogens with two attached hydrogens (primary N) is 2. The number of rotatable bonds is 7. The Bertz CT molecular complexity index is 1070. The Kier molecular flexibility index (Phi) is 8.02. The first-order chi connectivity index (χ1) is 16.9. The van der Waals surface area contributed by atoms with Gasteiger partial charge in [0.05, 0.1) is 0 Å². The van der Waals surface area contributed by atoms with Crippen LogP contribution in [0.5, 0.6) is 0 Å². The Morgan fingerprint density at radius 2 is 1.77 bits per heavy atom. The highest BCUT2D eigenvalue weighted by Gasteiger charge is 2.33. The molecule has 1 heterocycles. The Balaban J connectivity index is 1.39. The number of amides is 1. The molecule has 1 amide bonds. The summed E-state index contributed by atoms with van der Waals surface area (Å²) in [4.78, 5) is 30.0. The molecule has 0 bridgehead atoms. The summed E-state index contributed by atoms with van der Waals surface area (Å²) in [6.07, 6.45) is 7.97. The zero-order valence-electron chi connectivity index (χ0n) is 20.0. The molecule has 3 atom stereocenters. The van der Waals surface area contributed by atoms with Crippen LogP contribution in [0.2, 0.25) is 0 Å². The van der Waals surface area contributed by atoms with Gasteiger partial charge in [-0.05, 0) is 67.3 Å². The fourth-order valence-corrected chi connectivity index (χ4v) is 5.39. The molecule has 1 saturated carbocycles. The number of hydrogen-bond donors (Lipinski definition) is 4. The van der Waals surface area contributed by atoms with Crippen LogP contribution >= 0.6 is 0 Å². The van der Waals surface area contributed by atoms with Crippen LogP contribution in [0.3, 0.4) is 0 Å². The predicted molar refractivity (Wildman–Crippen MR) is 137 cm³/mol. The Labute approximate surface area is 206 Å². The molecule has 2 aromatic carbocycles. The molecular weight excluding hydrogens is 442 g/mol. The van der Waals surface area contributed by atoms with Crippen LogP contribution in [0.25, 0.3) is 0 Å². The van der Waals surface area contributed by atoms with Crippen molar-refractivity contribution in [3.8, 4) is 0 Å². The number of nitrogens with one attached hydrogen (secondary N) is 1. The third-order valence-corrected chi connectivity index (χ3v) is 7.20. The smallest absolute Gasteiger partial charge is 0.320 e. The summed E-state index contributed by atoms with van der Waals surface area (Å²) in [5, 5.41) is 12.0. The number of aliphatic imine (C=N–C) groups is 1. The van der Waals surface area contributed by atoms with E-state index in [4.69, 9.17) is 16.6 Å². The number of carbonyl (C=O) groups excluding carboxylic acids is 1. The number of para-hydroxylation sites is 1. The van der Waals surface area contributed by atoms with Gasteiger partial charge in [-0.1, -0.05) is 43.2 Å². The minimum absolute atomic E-state index is 0.0657. The third kappa shape index (κ3) is 6.19. The van der Waals surface area contributed by atoms with Crippen molar-refractivity contribution in [1.29, 1.82) is 0 Å². The minimum Gasteiger partial charge on any atom is -0.480 e. The number of carbonyl (C=O) groups is 2. The highest BCUT2D eigenvalue weighted by Crippen LogP contribution is 2.38. The van der Waals surface area contributed by atoms with Gasteiger partial charge >= 0.3 is 5.97 Å². The zero-order valence-corrected chi connectivity index (χ0v) is 20.0. The van der Waals surface area contributed by atoms with Gasteiger partial charge in [0.2, 0.25) is 0 Å². The van der Waals surface area contributed by atoms with Crippen molar-refractivity contribution < 1.29 is 14.7 Å². The lowest BCUT2D eigenvalue weighted by molar-refractivity contribution is -0.138. The second-order valence-corrected chi connectivity index (χ2v) is 9.58. The first-order valence-electron chi connectivity index (χ1n) is 12.5. The quantitative estimate of drug-likeness (QED) is 0.356. The summed E-state index contributed by atoms with van der Waals surface area (Å²) in [6.45, 7) is 1.56. The van der Waals surface area contributed by atoms with Gasteiger partial charge < -0.3 is 26.8 Å². The maximum absolute atomic E-state index is 12.5. The van der Waals surface area contributed by atoms with Crippen LogP contribution in [0.1, 0.15) is 60.0 Å². The van der Waals surface area contributed by atoms with Gasteiger partial charge in [-0.3, -0.25) is 9.59 Å². The summed E-state index contributed by atoms with van der Waals surface area (Å²) >= 11 is 0. The van der Waals surface area contributed by atoms with Crippen LogP contribution in [-0.2, 0) is 17.8 Å². The highest BCUT2D eigenvalue weighted by atomic mass is 16.4. The lowest BCUT2D eigenvalue weighted by atomic mass is 9.78. The van der Waals surface area contributed by atoms with Crippen molar-refractivity contribution in [1.82, 2.24) is 5.32 Å². The number of aliphatic carboxylic acids is 1. The summed E-state index contributed by atoms with van der Waals surface area (Å²) in [5.41, 5.74) is 15.1. The molecule has 35 heavy (non-hydrogen) atoms. The molecule has 6 N–H and O–H groups in total. The number of nitrogens with zero attached hydrogens (tertiary/aromatic N) is 2. The summed E-state index contributed by atoms with van der Waals surface area (Å²) in [7, 11) is 0. The van der Waals surface area contributed by atoms with Gasteiger partial charge in [0.25, 0.3) is 5.91 Å². The minimum atomic E-state index is -1.06. The van der Waals surface area contributed by atoms with Gasteiger partial charge in [-0.15, -0.1) is 0 Å². The van der Waals surface area contributed by atoms with Crippen molar-refractivity contribution in [3.05, 3.63) is 65.2 Å². The number of carboxylic acids is 1. The molecule has 1 saturated heterocycles. The van der Waals surface area contributed by atoms with Gasteiger partial charge in [0, 0.05) is 30.4 Å². The van der Waals surface area contributed by atoms with E-state index in [2.05, 4.69) is 33.4 Å². The lowest BCUT2D eigenvalue weighted by Crippen LogP contribution is -2.47. The Morgan fingerprint density at radius 1 is 1.06 bits per heavy atom. The first kappa shape index (κ1) is 24.7. The molecule has 0 aromatic heterocycles. The van der Waals surface area contributed by atoms with E-state index in [0.29, 0.717) is 18.2 Å². The monoisotopic (exact) mass is 477 g/mol. The first-order valence-corrected chi connectivity index (χ1v) is 12.5. The Morgan fingerprint density at radius 3 is 2.54 bits per heavy atom. The number of hydrogen-bond acceptors (Lipinski definition) is 4. The van der Waals surface area contributed by atoms with Crippen LogP contribution in [0, 0.1) is 5.92 Å². The second kappa shape index (κ2) is 11.4. The molecule has 1 aliphatic carbocycles. The molecule has 0 spiro atoms. The lowest BCUT2D eigenvalue weighted by Gasteiger charge is -2.46. The zero-order chi connectivity index (χ0) is 24.8. The molecule has 0 radical (unpaired) electrons. The molecule has 8 nitrogen and oxygen atoms in total. The van der Waals surface area contributed by atoms with Gasteiger partial charge in [0.1, 0.15) is 6.04 Å². The molecule has 2 fully saturated rings. The van der Waals surface area contributed by atoms with E-state index in [9.17, 15) is 9.59 Å². The van der Waals surface area contributed by atoms with E-state index in [0.717, 1.165) is 23.6 Å². The highest BCUT2D eigenvalue weighted by molar-refractivity contribution is 6.02.